The molecule has 3 N–H and O–H groups in total. The summed E-state index contributed by atoms with van der Waals surface area (Å²) >= 11 is 0. The molecule has 0 aromatic heterocycles. The van der Waals surface area contributed by atoms with E-state index < -0.39 is 10.0 Å². The van der Waals surface area contributed by atoms with Gasteiger partial charge in [-0.1, -0.05) is 36.4 Å². The third-order valence-electron chi connectivity index (χ3n) is 5.19. The molecule has 2 aromatic rings. The normalized spacial score (nSPS) is 21.4. The second kappa shape index (κ2) is 8.37. The molecule has 1 saturated heterocycles. The molecule has 2 atom stereocenters. The van der Waals surface area contributed by atoms with Crippen molar-refractivity contribution in [2.75, 3.05) is 13.1 Å². The fraction of sp³-hybridized carbons (Fsp3) is 0.400. The number of benzene rings is 2. The first-order valence-corrected chi connectivity index (χ1v) is 10.7. The third kappa shape index (κ3) is 4.48. The zero-order valence-corrected chi connectivity index (χ0v) is 16.3. The number of nitrogens with one attached hydrogen (secondary N) is 1. The smallest absolute Gasteiger partial charge is 0.241 e. The number of nitrogens with two attached hydrogens (primary N) is 1. The van der Waals surface area contributed by atoms with Crippen molar-refractivity contribution in [3.05, 3.63) is 48.9 Å². The van der Waals surface area contributed by atoms with Crippen LogP contribution in [0.1, 0.15) is 26.2 Å². The Morgan fingerprint density at radius 3 is 2.74 bits per heavy atom. The SMILES string of the molecule is C[C@H]1CCC[C@H](C(N)=O)N1C[CH]CNS(=O)(=O)c1cccc2ccccc12. The van der Waals surface area contributed by atoms with Crippen LogP contribution >= 0.6 is 0 Å². The maximum atomic E-state index is 12.7. The van der Waals surface area contributed by atoms with Gasteiger partial charge in [0, 0.05) is 24.5 Å². The van der Waals surface area contributed by atoms with E-state index in [4.69, 9.17) is 5.73 Å². The molecule has 0 aliphatic carbocycles. The van der Waals surface area contributed by atoms with Crippen LogP contribution in [0.25, 0.3) is 10.8 Å². The van der Waals surface area contributed by atoms with E-state index in [1.807, 2.05) is 30.7 Å². The lowest BCUT2D eigenvalue weighted by Gasteiger charge is -2.38. The second-order valence-electron chi connectivity index (χ2n) is 7.01. The highest BCUT2D eigenvalue weighted by Crippen LogP contribution is 2.24. The first kappa shape index (κ1) is 19.8. The van der Waals surface area contributed by atoms with Crippen molar-refractivity contribution in [3.63, 3.8) is 0 Å². The summed E-state index contributed by atoms with van der Waals surface area (Å²) in [6, 6.07) is 12.6. The fourth-order valence-corrected chi connectivity index (χ4v) is 4.97. The molecule has 1 aliphatic rings. The van der Waals surface area contributed by atoms with Gasteiger partial charge in [-0.05, 0) is 44.1 Å². The predicted molar refractivity (Wildman–Crippen MR) is 106 cm³/mol. The Morgan fingerprint density at radius 2 is 1.96 bits per heavy atom. The maximum absolute atomic E-state index is 12.7. The molecule has 0 saturated carbocycles. The van der Waals surface area contributed by atoms with E-state index >= 15 is 0 Å². The highest BCUT2D eigenvalue weighted by Gasteiger charge is 2.31. The minimum absolute atomic E-state index is 0.195. The first-order valence-electron chi connectivity index (χ1n) is 9.24. The first-order chi connectivity index (χ1) is 12.9. The molecule has 1 aliphatic heterocycles. The summed E-state index contributed by atoms with van der Waals surface area (Å²) in [6.07, 6.45) is 4.61. The summed E-state index contributed by atoms with van der Waals surface area (Å²) in [5.41, 5.74) is 5.52. The Hall–Kier alpha value is -1.96. The molecule has 1 amide bonds. The molecule has 3 rings (SSSR count). The molecule has 0 bridgehead atoms. The molecule has 6 nitrogen and oxygen atoms in total. The summed E-state index contributed by atoms with van der Waals surface area (Å²) in [7, 11) is -3.62. The molecule has 1 heterocycles. The van der Waals surface area contributed by atoms with Crippen LogP contribution in [0.5, 0.6) is 0 Å². The van der Waals surface area contributed by atoms with E-state index in [1.165, 1.54) is 0 Å². The summed E-state index contributed by atoms with van der Waals surface area (Å²) in [5, 5.41) is 1.58. The van der Waals surface area contributed by atoms with Gasteiger partial charge in [-0.2, -0.15) is 0 Å². The minimum atomic E-state index is -3.62. The van der Waals surface area contributed by atoms with Crippen molar-refractivity contribution in [2.24, 2.45) is 5.73 Å². The maximum Gasteiger partial charge on any atom is 0.241 e. The van der Waals surface area contributed by atoms with Gasteiger partial charge in [0.25, 0.3) is 0 Å². The molecule has 145 valence electrons. The Kier molecular flexibility index (Phi) is 6.14. The van der Waals surface area contributed by atoms with Crippen LogP contribution in [0, 0.1) is 6.42 Å². The van der Waals surface area contributed by atoms with Gasteiger partial charge in [0.1, 0.15) is 0 Å². The number of nitrogens with zero attached hydrogens (tertiary/aromatic N) is 1. The third-order valence-corrected chi connectivity index (χ3v) is 6.67. The number of fused-ring (bicyclic) bond motifs is 1. The number of likely N-dealkylation sites (tertiary alicyclic amines) is 1. The lowest BCUT2D eigenvalue weighted by molar-refractivity contribution is -0.125. The van der Waals surface area contributed by atoms with Crippen molar-refractivity contribution in [3.8, 4) is 0 Å². The van der Waals surface area contributed by atoms with Gasteiger partial charge in [-0.15, -0.1) is 0 Å². The van der Waals surface area contributed by atoms with Crippen molar-refractivity contribution < 1.29 is 13.2 Å². The lowest BCUT2D eigenvalue weighted by Crippen LogP contribution is -2.52. The van der Waals surface area contributed by atoms with E-state index in [-0.39, 0.29) is 29.4 Å². The number of carbonyl (C=O) groups excluding carboxylic acids is 1. The van der Waals surface area contributed by atoms with Gasteiger partial charge in [-0.25, -0.2) is 13.1 Å². The summed E-state index contributed by atoms with van der Waals surface area (Å²) in [4.78, 5) is 14.0. The molecule has 7 heteroatoms. The summed E-state index contributed by atoms with van der Waals surface area (Å²) in [5.74, 6) is -0.314. The van der Waals surface area contributed by atoms with Gasteiger partial charge < -0.3 is 5.73 Å². The molecule has 0 unspecified atom stereocenters. The molecule has 0 spiro atoms. The number of carbonyl (C=O) groups is 1. The lowest BCUT2D eigenvalue weighted by atomic mass is 9.96. The van der Waals surface area contributed by atoms with E-state index in [9.17, 15) is 13.2 Å². The Morgan fingerprint density at radius 1 is 1.22 bits per heavy atom. The Labute approximate surface area is 160 Å². The molecule has 27 heavy (non-hydrogen) atoms. The highest BCUT2D eigenvalue weighted by atomic mass is 32.2. The predicted octanol–water partition coefficient (Wildman–Crippen LogP) is 2.05. The quantitative estimate of drug-likeness (QED) is 0.710. The van der Waals surface area contributed by atoms with Crippen molar-refractivity contribution in [1.29, 1.82) is 0 Å². The van der Waals surface area contributed by atoms with Crippen LogP contribution in [-0.2, 0) is 14.8 Å². The standard InChI is InChI=1S/C20H26N3O3S/c1-15-7-4-11-18(20(21)24)23(15)14-6-13-22-27(25,26)19-12-5-9-16-8-2-3-10-17(16)19/h2-3,5-6,8-10,12,15,18,22H,4,7,11,13-14H2,1H3,(H2,21,24)/t15-,18+/m0/s1. The monoisotopic (exact) mass is 388 g/mol. The Bertz CT molecular complexity index is 908. The fourth-order valence-electron chi connectivity index (χ4n) is 3.75. The van der Waals surface area contributed by atoms with Gasteiger partial charge in [-0.3, -0.25) is 9.69 Å². The zero-order valence-electron chi connectivity index (χ0n) is 15.5. The van der Waals surface area contributed by atoms with Crippen LogP contribution < -0.4 is 10.5 Å². The van der Waals surface area contributed by atoms with Crippen molar-refractivity contribution >= 4 is 26.7 Å². The van der Waals surface area contributed by atoms with Gasteiger partial charge in [0.05, 0.1) is 10.9 Å². The van der Waals surface area contributed by atoms with Crippen LogP contribution in [0.3, 0.4) is 0 Å². The van der Waals surface area contributed by atoms with Crippen molar-refractivity contribution in [1.82, 2.24) is 9.62 Å². The van der Waals surface area contributed by atoms with Crippen LogP contribution in [0.4, 0.5) is 0 Å². The van der Waals surface area contributed by atoms with E-state index in [1.54, 1.807) is 18.2 Å². The van der Waals surface area contributed by atoms with E-state index in [0.717, 1.165) is 24.6 Å². The topological polar surface area (TPSA) is 92.5 Å². The number of amides is 1. The zero-order chi connectivity index (χ0) is 19.4. The molecule has 1 radical (unpaired) electrons. The molecule has 1 fully saturated rings. The number of piperidine rings is 1. The Balaban J connectivity index is 1.63. The molecule has 2 aromatic carbocycles. The summed E-state index contributed by atoms with van der Waals surface area (Å²) in [6.45, 7) is 2.79. The summed E-state index contributed by atoms with van der Waals surface area (Å²) < 4.78 is 28.1. The van der Waals surface area contributed by atoms with Crippen LogP contribution in [-0.4, -0.2) is 44.4 Å². The van der Waals surface area contributed by atoms with Gasteiger partial charge in [0.15, 0.2) is 0 Å². The number of rotatable bonds is 7. The number of sulfonamides is 1. The van der Waals surface area contributed by atoms with E-state index in [2.05, 4.69) is 16.5 Å². The van der Waals surface area contributed by atoms with Crippen molar-refractivity contribution in [2.45, 2.75) is 43.2 Å². The van der Waals surface area contributed by atoms with Gasteiger partial charge in [0.2, 0.25) is 15.9 Å². The average Bonchev–Trinajstić information content (AvgIpc) is 2.65. The minimum Gasteiger partial charge on any atom is -0.368 e. The van der Waals surface area contributed by atoms with E-state index in [0.29, 0.717) is 11.9 Å². The van der Waals surface area contributed by atoms with Crippen LogP contribution in [0.15, 0.2) is 47.4 Å². The second-order valence-corrected chi connectivity index (χ2v) is 8.75. The number of primary amides is 1. The average molecular weight is 389 g/mol. The molecular weight excluding hydrogens is 362 g/mol. The largest absolute Gasteiger partial charge is 0.368 e. The number of hydrogen-bond donors (Lipinski definition) is 2. The number of hydrogen-bond acceptors (Lipinski definition) is 4. The molecular formula is C20H26N3O3S. The highest BCUT2D eigenvalue weighted by molar-refractivity contribution is 7.89. The van der Waals surface area contributed by atoms with Gasteiger partial charge >= 0.3 is 0 Å². The van der Waals surface area contributed by atoms with Crippen LogP contribution in [0.2, 0.25) is 0 Å².